The molecule has 2 rings (SSSR count). The summed E-state index contributed by atoms with van der Waals surface area (Å²) in [6, 6.07) is 7.12. The van der Waals surface area contributed by atoms with E-state index in [1.165, 1.54) is 0 Å². The van der Waals surface area contributed by atoms with Crippen LogP contribution in [0.25, 0.3) is 0 Å². The first-order chi connectivity index (χ1) is 8.19. The normalized spacial score (nSPS) is 20.7. The second-order valence-electron chi connectivity index (χ2n) is 4.56. The van der Waals surface area contributed by atoms with Gasteiger partial charge in [0.2, 0.25) is 0 Å². The van der Waals surface area contributed by atoms with Gasteiger partial charge in [0.15, 0.2) is 5.78 Å². The lowest BCUT2D eigenvalue weighted by molar-refractivity contribution is 0.0943. The van der Waals surface area contributed by atoms with Crippen LogP contribution in [0, 0.1) is 5.92 Å². The van der Waals surface area contributed by atoms with Gasteiger partial charge in [0.25, 0.3) is 0 Å². The number of Topliss-reactive ketones (excluding diaryl/α,β-unsaturated/α-hetero) is 1. The Morgan fingerprint density at radius 3 is 3.00 bits per heavy atom. The molecule has 1 heterocycles. The van der Waals surface area contributed by atoms with Crippen LogP contribution in [0.3, 0.4) is 0 Å². The van der Waals surface area contributed by atoms with E-state index in [-0.39, 0.29) is 5.78 Å². The van der Waals surface area contributed by atoms with Crippen LogP contribution in [0.2, 0.25) is 5.02 Å². The van der Waals surface area contributed by atoms with Crippen LogP contribution in [-0.4, -0.2) is 36.9 Å². The highest BCUT2D eigenvalue weighted by atomic mass is 35.5. The summed E-state index contributed by atoms with van der Waals surface area (Å²) in [5, 5.41) is 0.608. The topological polar surface area (TPSA) is 46.3 Å². The zero-order valence-corrected chi connectivity index (χ0v) is 10.5. The molecule has 0 radical (unpaired) electrons. The average Bonchev–Trinajstić information content (AvgIpc) is 2.77. The van der Waals surface area contributed by atoms with Crippen molar-refractivity contribution >= 4 is 17.4 Å². The number of rotatable bonds is 4. The van der Waals surface area contributed by atoms with Crippen LogP contribution in [0.4, 0.5) is 0 Å². The van der Waals surface area contributed by atoms with Crippen LogP contribution in [0.1, 0.15) is 16.8 Å². The molecule has 1 aromatic rings. The third-order valence-electron chi connectivity index (χ3n) is 3.22. The van der Waals surface area contributed by atoms with Gasteiger partial charge in [-0.25, -0.2) is 0 Å². The lowest BCUT2D eigenvalue weighted by atomic mass is 10.1. The number of carbonyl (C=O) groups is 1. The maximum atomic E-state index is 12.0. The molecule has 1 unspecified atom stereocenters. The van der Waals surface area contributed by atoms with E-state index in [0.717, 1.165) is 19.5 Å². The Kier molecular flexibility index (Phi) is 4.15. The van der Waals surface area contributed by atoms with Crippen molar-refractivity contribution in [3.63, 3.8) is 0 Å². The first-order valence-electron chi connectivity index (χ1n) is 5.90. The van der Waals surface area contributed by atoms with Gasteiger partial charge in [-0.05, 0) is 37.6 Å². The van der Waals surface area contributed by atoms with Crippen molar-refractivity contribution in [2.24, 2.45) is 11.7 Å². The molecule has 0 saturated carbocycles. The molecule has 0 spiro atoms. The molecule has 1 fully saturated rings. The highest BCUT2D eigenvalue weighted by Gasteiger charge is 2.23. The van der Waals surface area contributed by atoms with Gasteiger partial charge in [0.1, 0.15) is 0 Å². The van der Waals surface area contributed by atoms with Crippen LogP contribution in [-0.2, 0) is 0 Å². The number of carbonyl (C=O) groups excluding carboxylic acids is 1. The summed E-state index contributed by atoms with van der Waals surface area (Å²) >= 11 is 5.87. The maximum Gasteiger partial charge on any atom is 0.176 e. The van der Waals surface area contributed by atoms with E-state index < -0.39 is 0 Å². The van der Waals surface area contributed by atoms with Gasteiger partial charge >= 0.3 is 0 Å². The molecule has 2 N–H and O–H groups in total. The van der Waals surface area contributed by atoms with Crippen molar-refractivity contribution in [1.82, 2.24) is 4.90 Å². The SMILES string of the molecule is NCC1CCN(CC(=O)c2cccc(Cl)c2)C1. The summed E-state index contributed by atoms with van der Waals surface area (Å²) in [4.78, 5) is 14.2. The maximum absolute atomic E-state index is 12.0. The number of nitrogens with zero attached hydrogens (tertiary/aromatic N) is 1. The van der Waals surface area contributed by atoms with Gasteiger partial charge in [-0.15, -0.1) is 0 Å². The van der Waals surface area contributed by atoms with Gasteiger partial charge in [-0.1, -0.05) is 23.7 Å². The van der Waals surface area contributed by atoms with Crippen molar-refractivity contribution in [3.05, 3.63) is 34.9 Å². The van der Waals surface area contributed by atoms with E-state index >= 15 is 0 Å². The van der Waals surface area contributed by atoms with E-state index in [1.54, 1.807) is 12.1 Å². The number of hydrogen-bond acceptors (Lipinski definition) is 3. The number of ketones is 1. The number of halogens is 1. The molecule has 3 nitrogen and oxygen atoms in total. The summed E-state index contributed by atoms with van der Waals surface area (Å²) in [6.07, 6.45) is 1.10. The number of hydrogen-bond donors (Lipinski definition) is 1. The minimum atomic E-state index is 0.130. The minimum Gasteiger partial charge on any atom is -0.330 e. The highest BCUT2D eigenvalue weighted by Crippen LogP contribution is 2.16. The zero-order valence-electron chi connectivity index (χ0n) is 9.73. The Hall–Kier alpha value is -0.900. The van der Waals surface area contributed by atoms with E-state index in [2.05, 4.69) is 4.90 Å². The lowest BCUT2D eigenvalue weighted by Gasteiger charge is -2.14. The van der Waals surface area contributed by atoms with Crippen molar-refractivity contribution in [2.45, 2.75) is 6.42 Å². The number of benzene rings is 1. The molecule has 1 saturated heterocycles. The molecular weight excluding hydrogens is 236 g/mol. The predicted molar refractivity (Wildman–Crippen MR) is 69.4 cm³/mol. The van der Waals surface area contributed by atoms with Gasteiger partial charge < -0.3 is 5.73 Å². The second kappa shape index (κ2) is 5.63. The van der Waals surface area contributed by atoms with Crippen LogP contribution in [0.5, 0.6) is 0 Å². The van der Waals surface area contributed by atoms with Gasteiger partial charge in [-0.2, -0.15) is 0 Å². The fourth-order valence-electron chi connectivity index (χ4n) is 2.21. The molecule has 0 bridgehead atoms. The first-order valence-corrected chi connectivity index (χ1v) is 6.28. The van der Waals surface area contributed by atoms with Crippen LogP contribution in [0.15, 0.2) is 24.3 Å². The summed E-state index contributed by atoms with van der Waals surface area (Å²) in [7, 11) is 0. The first kappa shape index (κ1) is 12.6. The Morgan fingerprint density at radius 1 is 1.53 bits per heavy atom. The van der Waals surface area contributed by atoms with Crippen molar-refractivity contribution < 1.29 is 4.79 Å². The molecule has 92 valence electrons. The van der Waals surface area contributed by atoms with Crippen molar-refractivity contribution in [1.29, 1.82) is 0 Å². The highest BCUT2D eigenvalue weighted by molar-refractivity contribution is 6.31. The van der Waals surface area contributed by atoms with Gasteiger partial charge in [-0.3, -0.25) is 9.69 Å². The molecule has 1 aromatic carbocycles. The van der Waals surface area contributed by atoms with Crippen molar-refractivity contribution in [2.75, 3.05) is 26.2 Å². The van der Waals surface area contributed by atoms with Crippen molar-refractivity contribution in [3.8, 4) is 0 Å². The summed E-state index contributed by atoms with van der Waals surface area (Å²) in [6.45, 7) is 3.08. The van der Waals surface area contributed by atoms with Crippen LogP contribution >= 0.6 is 11.6 Å². The molecule has 0 aliphatic carbocycles. The molecule has 1 aliphatic rings. The summed E-state index contributed by atoms with van der Waals surface area (Å²) < 4.78 is 0. The van der Waals surface area contributed by atoms with Crippen LogP contribution < -0.4 is 5.73 Å². The monoisotopic (exact) mass is 252 g/mol. The Labute approximate surface area is 107 Å². The molecule has 4 heteroatoms. The fourth-order valence-corrected chi connectivity index (χ4v) is 2.40. The summed E-state index contributed by atoms with van der Waals surface area (Å²) in [5.41, 5.74) is 6.32. The predicted octanol–water partition coefficient (Wildman–Crippen LogP) is 1.80. The van der Waals surface area contributed by atoms with E-state index in [1.807, 2.05) is 12.1 Å². The third-order valence-corrected chi connectivity index (χ3v) is 3.45. The van der Waals surface area contributed by atoms with E-state index in [9.17, 15) is 4.79 Å². The third kappa shape index (κ3) is 3.28. The van der Waals surface area contributed by atoms with E-state index in [0.29, 0.717) is 29.6 Å². The largest absolute Gasteiger partial charge is 0.330 e. The van der Waals surface area contributed by atoms with Gasteiger partial charge in [0, 0.05) is 17.1 Å². The molecular formula is C13H17ClN2O. The minimum absolute atomic E-state index is 0.130. The number of nitrogens with two attached hydrogens (primary N) is 1. The Balaban J connectivity index is 1.94. The number of likely N-dealkylation sites (tertiary alicyclic amines) is 1. The molecule has 0 amide bonds. The van der Waals surface area contributed by atoms with Gasteiger partial charge in [0.05, 0.1) is 6.54 Å². The standard InChI is InChI=1S/C13H17ClN2O/c14-12-3-1-2-11(6-12)13(17)9-16-5-4-10(7-15)8-16/h1-3,6,10H,4-5,7-9,15H2. The average molecular weight is 253 g/mol. The Bertz CT molecular complexity index is 408. The molecule has 1 atom stereocenters. The summed E-state index contributed by atoms with van der Waals surface area (Å²) in [5.74, 6) is 0.673. The van der Waals surface area contributed by atoms with E-state index in [4.69, 9.17) is 17.3 Å². The Morgan fingerprint density at radius 2 is 2.35 bits per heavy atom. The zero-order chi connectivity index (χ0) is 12.3. The lowest BCUT2D eigenvalue weighted by Crippen LogP contribution is -2.29. The smallest absolute Gasteiger partial charge is 0.176 e. The second-order valence-corrected chi connectivity index (χ2v) is 5.00. The molecule has 1 aliphatic heterocycles. The quantitative estimate of drug-likeness (QED) is 0.832. The fraction of sp³-hybridized carbons (Fsp3) is 0.462. The molecule has 17 heavy (non-hydrogen) atoms. The molecule has 0 aromatic heterocycles.